The molecule has 0 saturated carbocycles. The average molecular weight is 297 g/mol. The quantitative estimate of drug-likeness (QED) is 0.861. The topological polar surface area (TPSA) is 29.0 Å². The van der Waals surface area contributed by atoms with Crippen molar-refractivity contribution in [1.82, 2.24) is 9.97 Å². The molecule has 1 aromatic carbocycles. The van der Waals surface area contributed by atoms with Gasteiger partial charge in [-0.15, -0.1) is 0 Å². The molecule has 0 unspecified atom stereocenters. The van der Waals surface area contributed by atoms with Crippen molar-refractivity contribution in [3.63, 3.8) is 0 Å². The molecule has 1 aliphatic rings. The van der Waals surface area contributed by atoms with Gasteiger partial charge in [0.05, 0.1) is 5.69 Å². The van der Waals surface area contributed by atoms with E-state index in [1.807, 2.05) is 30.0 Å². The van der Waals surface area contributed by atoms with Crippen molar-refractivity contribution in [3.8, 4) is 0 Å². The number of nitrogens with zero attached hydrogens (tertiary/aromatic N) is 3. The molecule has 3 nitrogen and oxygen atoms in total. The molecule has 4 heteroatoms. The van der Waals surface area contributed by atoms with Gasteiger partial charge in [-0.3, -0.25) is 0 Å². The van der Waals surface area contributed by atoms with E-state index in [4.69, 9.17) is 0 Å². The number of rotatable bonds is 3. The van der Waals surface area contributed by atoms with Gasteiger partial charge in [0.1, 0.15) is 6.33 Å². The minimum absolute atomic E-state index is 0.263. The third kappa shape index (κ3) is 3.16. The fourth-order valence-corrected chi connectivity index (χ4v) is 2.80. The summed E-state index contributed by atoms with van der Waals surface area (Å²) in [6, 6.07) is 10.3. The number of benzene rings is 1. The lowest BCUT2D eigenvalue weighted by Gasteiger charge is -2.29. The highest BCUT2D eigenvalue weighted by molar-refractivity contribution is 5.54. The number of halogens is 1. The van der Waals surface area contributed by atoms with Crippen LogP contribution in [-0.2, 0) is 6.42 Å². The second-order valence-electron chi connectivity index (χ2n) is 5.51. The number of aryl methyl sites for hydroxylation is 1. The fourth-order valence-electron chi connectivity index (χ4n) is 2.80. The Labute approximate surface area is 130 Å². The van der Waals surface area contributed by atoms with Crippen LogP contribution < -0.4 is 4.90 Å². The molecule has 0 atom stereocenters. The normalized spacial score (nSPS) is 15.0. The Balaban J connectivity index is 1.71. The third-order valence-electron chi connectivity index (χ3n) is 4.05. The summed E-state index contributed by atoms with van der Waals surface area (Å²) < 4.78 is 14.3. The summed E-state index contributed by atoms with van der Waals surface area (Å²) in [4.78, 5) is 10.2. The van der Waals surface area contributed by atoms with Gasteiger partial charge in [0, 0.05) is 13.1 Å². The molecule has 22 heavy (non-hydrogen) atoms. The summed E-state index contributed by atoms with van der Waals surface area (Å²) in [6.45, 7) is 3.51. The zero-order valence-electron chi connectivity index (χ0n) is 12.8. The van der Waals surface area contributed by atoms with Gasteiger partial charge in [0.25, 0.3) is 0 Å². The van der Waals surface area contributed by atoms with Gasteiger partial charge >= 0.3 is 0 Å². The van der Waals surface area contributed by atoms with Crippen LogP contribution >= 0.6 is 0 Å². The first-order valence-corrected chi connectivity index (χ1v) is 7.76. The van der Waals surface area contributed by atoms with Crippen molar-refractivity contribution in [2.75, 3.05) is 18.0 Å². The minimum atomic E-state index is -0.263. The highest BCUT2D eigenvalue weighted by atomic mass is 19.1. The second-order valence-corrected chi connectivity index (χ2v) is 5.51. The number of anilines is 1. The van der Waals surface area contributed by atoms with E-state index in [2.05, 4.69) is 28.2 Å². The molecule has 0 bridgehead atoms. The minimum Gasteiger partial charge on any atom is -0.353 e. The lowest BCUT2D eigenvalue weighted by atomic mass is 10.0. The van der Waals surface area contributed by atoms with Crippen LogP contribution in [0.25, 0.3) is 6.08 Å². The predicted octanol–water partition coefficient (Wildman–Crippen LogP) is 3.86. The first-order valence-electron chi connectivity index (χ1n) is 7.76. The summed E-state index contributed by atoms with van der Waals surface area (Å²) in [5, 5.41) is 0. The standard InChI is InChI=1S/C18H20FN3/c1-2-16-17(19)18(21-13-20-16)22-10-8-15(9-11-22)12-14-6-4-3-5-7-14/h3-7,12-13H,2,8-11H2,1H3. The third-order valence-corrected chi connectivity index (χ3v) is 4.05. The molecule has 1 saturated heterocycles. The Kier molecular flexibility index (Phi) is 4.47. The summed E-state index contributed by atoms with van der Waals surface area (Å²) in [5.74, 6) is 0.186. The van der Waals surface area contributed by atoms with E-state index in [1.165, 1.54) is 17.5 Å². The Morgan fingerprint density at radius 3 is 2.55 bits per heavy atom. The lowest BCUT2D eigenvalue weighted by Crippen LogP contribution is -2.32. The summed E-state index contributed by atoms with van der Waals surface area (Å²) in [7, 11) is 0. The monoisotopic (exact) mass is 297 g/mol. The summed E-state index contributed by atoms with van der Waals surface area (Å²) in [5.41, 5.74) is 3.13. The molecule has 1 aliphatic heterocycles. The molecular weight excluding hydrogens is 277 g/mol. The molecule has 114 valence electrons. The van der Waals surface area contributed by atoms with E-state index in [0.717, 1.165) is 25.9 Å². The first kappa shape index (κ1) is 14.7. The van der Waals surface area contributed by atoms with E-state index in [-0.39, 0.29) is 5.82 Å². The number of aromatic nitrogens is 2. The van der Waals surface area contributed by atoms with E-state index in [1.54, 1.807) is 0 Å². The highest BCUT2D eigenvalue weighted by Crippen LogP contribution is 2.25. The average Bonchev–Trinajstić information content (AvgIpc) is 2.57. The number of hydrogen-bond acceptors (Lipinski definition) is 3. The Morgan fingerprint density at radius 1 is 1.14 bits per heavy atom. The van der Waals surface area contributed by atoms with E-state index in [0.29, 0.717) is 17.9 Å². The van der Waals surface area contributed by atoms with Crippen molar-refractivity contribution in [3.05, 3.63) is 59.3 Å². The maximum absolute atomic E-state index is 14.3. The molecule has 0 radical (unpaired) electrons. The molecule has 2 heterocycles. The van der Waals surface area contributed by atoms with Crippen LogP contribution in [0.2, 0.25) is 0 Å². The maximum atomic E-state index is 14.3. The Hall–Kier alpha value is -2.23. The van der Waals surface area contributed by atoms with Gasteiger partial charge in [-0.05, 0) is 24.8 Å². The second kappa shape index (κ2) is 6.69. The van der Waals surface area contributed by atoms with Crippen molar-refractivity contribution in [1.29, 1.82) is 0 Å². The maximum Gasteiger partial charge on any atom is 0.187 e. The molecule has 1 aromatic heterocycles. The van der Waals surface area contributed by atoms with E-state index >= 15 is 0 Å². The molecule has 2 aromatic rings. The fraction of sp³-hybridized carbons (Fsp3) is 0.333. The first-order chi connectivity index (χ1) is 10.8. The molecule has 1 fully saturated rings. The summed E-state index contributed by atoms with van der Waals surface area (Å²) >= 11 is 0. The van der Waals surface area contributed by atoms with Gasteiger partial charge in [-0.25, -0.2) is 14.4 Å². The predicted molar refractivity (Wildman–Crippen MR) is 87.2 cm³/mol. The van der Waals surface area contributed by atoms with Gasteiger partial charge in [0.2, 0.25) is 0 Å². The van der Waals surface area contributed by atoms with Crippen LogP contribution in [-0.4, -0.2) is 23.1 Å². The van der Waals surface area contributed by atoms with Gasteiger partial charge in [-0.2, -0.15) is 0 Å². The van der Waals surface area contributed by atoms with Crippen LogP contribution in [0.3, 0.4) is 0 Å². The SMILES string of the molecule is CCc1ncnc(N2CCC(=Cc3ccccc3)CC2)c1F. The molecule has 0 amide bonds. The van der Waals surface area contributed by atoms with Crippen LogP contribution in [0, 0.1) is 5.82 Å². The Morgan fingerprint density at radius 2 is 1.86 bits per heavy atom. The van der Waals surface area contributed by atoms with Crippen LogP contribution in [0.15, 0.2) is 42.2 Å². The highest BCUT2D eigenvalue weighted by Gasteiger charge is 2.20. The van der Waals surface area contributed by atoms with Gasteiger partial charge in [-0.1, -0.05) is 48.9 Å². The van der Waals surface area contributed by atoms with Crippen LogP contribution in [0.4, 0.5) is 10.2 Å². The van der Waals surface area contributed by atoms with Crippen molar-refractivity contribution in [2.24, 2.45) is 0 Å². The van der Waals surface area contributed by atoms with Crippen molar-refractivity contribution >= 4 is 11.9 Å². The molecule has 0 N–H and O–H groups in total. The molecule has 3 rings (SSSR count). The van der Waals surface area contributed by atoms with Crippen molar-refractivity contribution < 1.29 is 4.39 Å². The Bertz CT molecular complexity index is 657. The number of piperidine rings is 1. The largest absolute Gasteiger partial charge is 0.353 e. The van der Waals surface area contributed by atoms with E-state index in [9.17, 15) is 4.39 Å². The lowest BCUT2D eigenvalue weighted by molar-refractivity contribution is 0.573. The van der Waals surface area contributed by atoms with Gasteiger partial charge < -0.3 is 4.90 Å². The summed E-state index contributed by atoms with van der Waals surface area (Å²) in [6.07, 6.45) is 6.19. The zero-order valence-corrected chi connectivity index (χ0v) is 12.8. The molecule has 0 spiro atoms. The van der Waals surface area contributed by atoms with Crippen molar-refractivity contribution in [2.45, 2.75) is 26.2 Å². The van der Waals surface area contributed by atoms with Gasteiger partial charge in [0.15, 0.2) is 11.6 Å². The zero-order chi connectivity index (χ0) is 15.4. The smallest absolute Gasteiger partial charge is 0.187 e. The molecule has 0 aliphatic carbocycles. The number of hydrogen-bond donors (Lipinski definition) is 0. The molecular formula is C18H20FN3. The van der Waals surface area contributed by atoms with E-state index < -0.39 is 0 Å². The van der Waals surface area contributed by atoms with Crippen LogP contribution in [0.1, 0.15) is 31.0 Å². The van der Waals surface area contributed by atoms with Crippen LogP contribution in [0.5, 0.6) is 0 Å².